The van der Waals surface area contributed by atoms with Crippen LogP contribution in [0.15, 0.2) is 62.9 Å². The molecule has 3 rings (SSSR count). The minimum atomic E-state index is -3.59. The molecular weight excluding hydrogens is 382 g/mol. The van der Waals surface area contributed by atoms with Crippen LogP contribution in [-0.2, 0) is 14.8 Å². The van der Waals surface area contributed by atoms with Gasteiger partial charge in [0.1, 0.15) is 12.4 Å². The number of fused-ring (bicyclic) bond motifs is 1. The molecular formula is C15H12BrN3O3S. The summed E-state index contributed by atoms with van der Waals surface area (Å²) >= 11 is 3.32. The van der Waals surface area contributed by atoms with Gasteiger partial charge in [-0.2, -0.15) is 0 Å². The number of rotatable bonds is 3. The lowest BCUT2D eigenvalue weighted by Gasteiger charge is -2.04. The van der Waals surface area contributed by atoms with Crippen molar-refractivity contribution in [1.29, 1.82) is 0 Å². The number of amides is 1. The molecule has 2 aromatic carbocycles. The van der Waals surface area contributed by atoms with E-state index in [1.807, 2.05) is 6.07 Å². The Kier molecular flexibility index (Phi) is 4.18. The second kappa shape index (κ2) is 6.13. The summed E-state index contributed by atoms with van der Waals surface area (Å²) in [5.74, 6) is -0.149. The number of nitrogens with zero attached hydrogens (tertiary/aromatic N) is 1. The number of halogens is 1. The van der Waals surface area contributed by atoms with Crippen LogP contribution in [-0.4, -0.2) is 26.7 Å². The van der Waals surface area contributed by atoms with Crippen LogP contribution in [0.25, 0.3) is 0 Å². The number of hydrogen-bond acceptors (Lipinski definition) is 4. The minimum Gasteiger partial charge on any atom is -0.324 e. The Labute approximate surface area is 141 Å². The number of carbonyl (C=O) groups is 1. The zero-order valence-electron chi connectivity index (χ0n) is 11.8. The summed E-state index contributed by atoms with van der Waals surface area (Å²) in [7, 11) is -3.59. The summed E-state index contributed by atoms with van der Waals surface area (Å²) in [4.78, 5) is 16.2. The van der Waals surface area contributed by atoms with Gasteiger partial charge in [-0.3, -0.25) is 14.5 Å². The van der Waals surface area contributed by atoms with Gasteiger partial charge < -0.3 is 5.32 Å². The number of aliphatic imine (C=N–C) groups is 1. The van der Waals surface area contributed by atoms with Gasteiger partial charge in [0.2, 0.25) is 5.91 Å². The third kappa shape index (κ3) is 3.43. The highest BCUT2D eigenvalue weighted by atomic mass is 79.9. The van der Waals surface area contributed by atoms with Gasteiger partial charge in [0, 0.05) is 15.7 Å². The van der Waals surface area contributed by atoms with Crippen LogP contribution >= 0.6 is 15.9 Å². The van der Waals surface area contributed by atoms with E-state index in [1.54, 1.807) is 36.4 Å². The van der Waals surface area contributed by atoms with Gasteiger partial charge in [0.25, 0.3) is 10.0 Å². The maximum atomic E-state index is 11.9. The van der Waals surface area contributed by atoms with E-state index in [0.29, 0.717) is 11.3 Å². The number of nitrogens with one attached hydrogen (secondary N) is 2. The largest absolute Gasteiger partial charge is 0.324 e. The number of benzene rings is 2. The first kappa shape index (κ1) is 15.7. The number of sulfonamides is 1. The molecule has 2 N–H and O–H groups in total. The molecule has 8 heteroatoms. The number of amidine groups is 1. The molecule has 1 heterocycles. The standard InChI is InChI=1S/C15H12BrN3O3S/c16-10-4-3-5-11(8-10)18-14(20)9-17-15-12-6-1-2-7-13(12)23(21,22)19-15/h1-8H,9H2,(H,17,19)(H,18,20). The van der Waals surface area contributed by atoms with Crippen LogP contribution in [0.3, 0.4) is 0 Å². The van der Waals surface area contributed by atoms with Gasteiger partial charge in [0.15, 0.2) is 0 Å². The lowest BCUT2D eigenvalue weighted by molar-refractivity contribution is -0.114. The highest BCUT2D eigenvalue weighted by molar-refractivity contribution is 9.10. The maximum Gasteiger partial charge on any atom is 0.263 e. The molecule has 0 bridgehead atoms. The zero-order valence-corrected chi connectivity index (χ0v) is 14.2. The van der Waals surface area contributed by atoms with Crippen LogP contribution in [0.1, 0.15) is 5.56 Å². The summed E-state index contributed by atoms with van der Waals surface area (Å²) in [5, 5.41) is 2.70. The summed E-state index contributed by atoms with van der Waals surface area (Å²) in [6.07, 6.45) is 0. The smallest absolute Gasteiger partial charge is 0.263 e. The van der Waals surface area contributed by atoms with Crippen molar-refractivity contribution in [3.8, 4) is 0 Å². The Morgan fingerprint density at radius 1 is 1.17 bits per heavy atom. The minimum absolute atomic E-state index is 0.172. The van der Waals surface area contributed by atoms with E-state index in [4.69, 9.17) is 0 Å². The molecule has 0 atom stereocenters. The molecule has 0 saturated heterocycles. The molecule has 23 heavy (non-hydrogen) atoms. The Balaban J connectivity index is 1.75. The average Bonchev–Trinajstić information content (AvgIpc) is 2.77. The van der Waals surface area contributed by atoms with E-state index in [-0.39, 0.29) is 23.2 Å². The fourth-order valence-electron chi connectivity index (χ4n) is 2.17. The summed E-state index contributed by atoms with van der Waals surface area (Å²) in [6, 6.07) is 13.7. The molecule has 1 aliphatic heterocycles. The number of hydrogen-bond donors (Lipinski definition) is 2. The number of anilines is 1. The molecule has 1 amide bonds. The van der Waals surface area contributed by atoms with Gasteiger partial charge >= 0.3 is 0 Å². The van der Waals surface area contributed by atoms with Crippen molar-refractivity contribution in [2.24, 2.45) is 4.99 Å². The van der Waals surface area contributed by atoms with Crippen molar-refractivity contribution in [3.63, 3.8) is 0 Å². The molecule has 1 aliphatic rings. The van der Waals surface area contributed by atoms with E-state index < -0.39 is 10.0 Å². The Hall–Kier alpha value is -2.19. The second-order valence-electron chi connectivity index (χ2n) is 4.83. The van der Waals surface area contributed by atoms with Crippen molar-refractivity contribution in [3.05, 3.63) is 58.6 Å². The molecule has 0 unspecified atom stereocenters. The van der Waals surface area contributed by atoms with Crippen LogP contribution in [0.2, 0.25) is 0 Å². The molecule has 0 spiro atoms. The predicted molar refractivity (Wildman–Crippen MR) is 90.9 cm³/mol. The summed E-state index contributed by atoms with van der Waals surface area (Å²) in [6.45, 7) is -0.182. The lowest BCUT2D eigenvalue weighted by Crippen LogP contribution is -2.24. The maximum absolute atomic E-state index is 11.9. The topological polar surface area (TPSA) is 87.6 Å². The van der Waals surface area contributed by atoms with Gasteiger partial charge in [-0.05, 0) is 30.3 Å². The Bertz CT molecular complexity index is 910. The monoisotopic (exact) mass is 393 g/mol. The van der Waals surface area contributed by atoms with Crippen LogP contribution in [0, 0.1) is 0 Å². The average molecular weight is 394 g/mol. The van der Waals surface area contributed by atoms with E-state index in [0.717, 1.165) is 4.47 Å². The SMILES string of the molecule is O=C(CN=C1NS(=O)(=O)c2ccccc21)Nc1cccc(Br)c1. The van der Waals surface area contributed by atoms with Crippen molar-refractivity contribution in [1.82, 2.24) is 4.72 Å². The Morgan fingerprint density at radius 3 is 2.74 bits per heavy atom. The van der Waals surface area contributed by atoms with E-state index in [9.17, 15) is 13.2 Å². The van der Waals surface area contributed by atoms with Crippen LogP contribution in [0.5, 0.6) is 0 Å². The van der Waals surface area contributed by atoms with Crippen molar-refractivity contribution in [2.75, 3.05) is 11.9 Å². The third-order valence-electron chi connectivity index (χ3n) is 3.15. The van der Waals surface area contributed by atoms with Gasteiger partial charge in [0.05, 0.1) is 4.90 Å². The third-order valence-corrected chi connectivity index (χ3v) is 5.04. The van der Waals surface area contributed by atoms with Gasteiger partial charge in [-0.25, -0.2) is 8.42 Å². The van der Waals surface area contributed by atoms with Gasteiger partial charge in [-0.1, -0.05) is 34.1 Å². The van der Waals surface area contributed by atoms with E-state index in [1.165, 1.54) is 6.07 Å². The Morgan fingerprint density at radius 2 is 1.96 bits per heavy atom. The molecule has 0 aliphatic carbocycles. The van der Waals surface area contributed by atoms with Crippen molar-refractivity contribution < 1.29 is 13.2 Å². The second-order valence-corrected chi connectivity index (χ2v) is 7.39. The molecule has 0 saturated carbocycles. The first-order valence-corrected chi connectivity index (χ1v) is 8.95. The first-order chi connectivity index (χ1) is 11.0. The summed E-state index contributed by atoms with van der Waals surface area (Å²) < 4.78 is 27.1. The van der Waals surface area contributed by atoms with Crippen molar-refractivity contribution >= 4 is 43.4 Å². The van der Waals surface area contributed by atoms with Gasteiger partial charge in [-0.15, -0.1) is 0 Å². The van der Waals surface area contributed by atoms with Crippen molar-refractivity contribution in [2.45, 2.75) is 4.90 Å². The lowest BCUT2D eigenvalue weighted by atomic mass is 10.2. The molecule has 2 aromatic rings. The van der Waals surface area contributed by atoms with Crippen LogP contribution < -0.4 is 10.0 Å². The molecule has 0 aromatic heterocycles. The predicted octanol–water partition coefficient (Wildman–Crippen LogP) is 2.13. The van der Waals surface area contributed by atoms with E-state index in [2.05, 4.69) is 31.0 Å². The molecule has 0 radical (unpaired) electrons. The fraction of sp³-hybridized carbons (Fsp3) is 0.0667. The van der Waals surface area contributed by atoms with Crippen LogP contribution in [0.4, 0.5) is 5.69 Å². The highest BCUT2D eigenvalue weighted by Gasteiger charge is 2.30. The fourth-order valence-corrected chi connectivity index (χ4v) is 3.82. The highest BCUT2D eigenvalue weighted by Crippen LogP contribution is 2.22. The normalized spacial score (nSPS) is 16.7. The number of carbonyl (C=O) groups excluding carboxylic acids is 1. The molecule has 0 fully saturated rings. The first-order valence-electron chi connectivity index (χ1n) is 6.68. The zero-order chi connectivity index (χ0) is 16.4. The van der Waals surface area contributed by atoms with E-state index >= 15 is 0 Å². The molecule has 118 valence electrons. The molecule has 6 nitrogen and oxygen atoms in total. The quantitative estimate of drug-likeness (QED) is 0.836. The summed E-state index contributed by atoms with van der Waals surface area (Å²) in [5.41, 5.74) is 1.11.